The summed E-state index contributed by atoms with van der Waals surface area (Å²) in [7, 11) is 0. The minimum Gasteiger partial charge on any atom is -0.385 e. The van der Waals surface area contributed by atoms with Crippen LogP contribution in [-0.2, 0) is 9.53 Å². The molecule has 2 aliphatic carbocycles. The molecule has 1 saturated heterocycles. The summed E-state index contributed by atoms with van der Waals surface area (Å²) in [5.41, 5.74) is -1.17. The van der Waals surface area contributed by atoms with E-state index in [2.05, 4.69) is 13.5 Å². The summed E-state index contributed by atoms with van der Waals surface area (Å²) in [5.74, 6) is 0.200. The van der Waals surface area contributed by atoms with Crippen molar-refractivity contribution in [3.8, 4) is 0 Å². The fourth-order valence-electron chi connectivity index (χ4n) is 4.23. The molecule has 4 atom stereocenters. The maximum absolute atomic E-state index is 12.1. The van der Waals surface area contributed by atoms with Gasteiger partial charge in [-0.25, -0.2) is 0 Å². The largest absolute Gasteiger partial charge is 0.385 e. The van der Waals surface area contributed by atoms with Gasteiger partial charge in [0.2, 0.25) is 0 Å². The Kier molecular flexibility index (Phi) is 2.11. The van der Waals surface area contributed by atoms with E-state index < -0.39 is 16.8 Å². The summed E-state index contributed by atoms with van der Waals surface area (Å²) in [4.78, 5) is 12.1. The van der Waals surface area contributed by atoms with E-state index in [1.54, 1.807) is 0 Å². The number of ketones is 1. The van der Waals surface area contributed by atoms with Crippen LogP contribution in [0.25, 0.3) is 0 Å². The van der Waals surface area contributed by atoms with Crippen LogP contribution in [0.3, 0.4) is 0 Å². The molecular formula is C15H22O3. The van der Waals surface area contributed by atoms with Crippen LogP contribution in [0.1, 0.15) is 52.9 Å². The molecule has 2 saturated carbocycles. The van der Waals surface area contributed by atoms with Crippen LogP contribution in [0.2, 0.25) is 0 Å². The Balaban J connectivity index is 2.02. The first-order valence-corrected chi connectivity index (χ1v) is 6.81. The molecule has 1 heterocycles. The molecular weight excluding hydrogens is 228 g/mol. The minimum atomic E-state index is -0.866. The molecule has 0 aromatic heterocycles. The maximum atomic E-state index is 12.1. The number of rotatable bonds is 1. The average molecular weight is 250 g/mol. The molecule has 100 valence electrons. The standard InChI is InChI=1S/C15H22O3/c1-10(2)14(17)8-7-12(3)6-5-11(16)13(4)15(12,9-14)18-13/h17H,1,5-9H2,2-4H3/t12-,13-,14+,15+/m1/s1. The zero-order valence-corrected chi connectivity index (χ0v) is 11.5. The van der Waals surface area contributed by atoms with Crippen LogP contribution in [0, 0.1) is 5.41 Å². The van der Waals surface area contributed by atoms with Crippen molar-refractivity contribution in [1.29, 1.82) is 0 Å². The number of epoxide rings is 1. The molecule has 3 nitrogen and oxygen atoms in total. The van der Waals surface area contributed by atoms with E-state index in [-0.39, 0.29) is 11.2 Å². The predicted molar refractivity (Wildman–Crippen MR) is 68.2 cm³/mol. The van der Waals surface area contributed by atoms with Crippen LogP contribution in [-0.4, -0.2) is 27.7 Å². The Morgan fingerprint density at radius 2 is 2.00 bits per heavy atom. The van der Waals surface area contributed by atoms with E-state index in [0.717, 1.165) is 24.8 Å². The van der Waals surface area contributed by atoms with Crippen molar-refractivity contribution in [3.05, 3.63) is 12.2 Å². The number of carbonyl (C=O) groups excluding carboxylic acids is 1. The van der Waals surface area contributed by atoms with Gasteiger partial charge in [0.05, 0.1) is 5.60 Å². The molecule has 18 heavy (non-hydrogen) atoms. The average Bonchev–Trinajstić information content (AvgIpc) is 2.90. The van der Waals surface area contributed by atoms with Crippen molar-refractivity contribution < 1.29 is 14.6 Å². The maximum Gasteiger partial charge on any atom is 0.167 e. The molecule has 3 aliphatic rings. The van der Waals surface area contributed by atoms with Crippen molar-refractivity contribution in [2.24, 2.45) is 5.41 Å². The Bertz CT molecular complexity index is 457. The molecule has 0 aromatic rings. The number of hydrogen-bond donors (Lipinski definition) is 1. The highest BCUT2D eigenvalue weighted by Gasteiger charge is 2.81. The van der Waals surface area contributed by atoms with E-state index >= 15 is 0 Å². The third-order valence-electron chi connectivity index (χ3n) is 5.94. The molecule has 0 amide bonds. The lowest BCUT2D eigenvalue weighted by atomic mass is 9.53. The van der Waals surface area contributed by atoms with E-state index in [1.165, 1.54) is 0 Å². The van der Waals surface area contributed by atoms with Crippen LogP contribution < -0.4 is 0 Å². The van der Waals surface area contributed by atoms with Crippen LogP contribution in [0.4, 0.5) is 0 Å². The molecule has 1 spiro atoms. The first-order valence-electron chi connectivity index (χ1n) is 6.81. The summed E-state index contributed by atoms with van der Waals surface area (Å²) in [6.07, 6.45) is 3.65. The number of hydrogen-bond acceptors (Lipinski definition) is 3. The Hall–Kier alpha value is -0.670. The fourth-order valence-corrected chi connectivity index (χ4v) is 4.23. The van der Waals surface area contributed by atoms with Crippen molar-refractivity contribution in [2.75, 3.05) is 0 Å². The summed E-state index contributed by atoms with van der Waals surface area (Å²) in [6.45, 7) is 9.89. The Morgan fingerprint density at radius 3 is 2.61 bits per heavy atom. The van der Waals surface area contributed by atoms with Gasteiger partial charge in [0.15, 0.2) is 11.4 Å². The van der Waals surface area contributed by atoms with E-state index in [1.807, 2.05) is 13.8 Å². The van der Waals surface area contributed by atoms with Gasteiger partial charge in [0.1, 0.15) is 5.60 Å². The van der Waals surface area contributed by atoms with Crippen molar-refractivity contribution in [1.82, 2.24) is 0 Å². The molecule has 0 bridgehead atoms. The van der Waals surface area contributed by atoms with Gasteiger partial charge < -0.3 is 9.84 Å². The van der Waals surface area contributed by atoms with Gasteiger partial charge in [-0.3, -0.25) is 4.79 Å². The molecule has 1 aliphatic heterocycles. The smallest absolute Gasteiger partial charge is 0.167 e. The Morgan fingerprint density at radius 1 is 1.33 bits per heavy atom. The number of carbonyl (C=O) groups is 1. The number of Topliss-reactive ketones (excluding diaryl/α,β-unsaturated/α-hetero) is 1. The second kappa shape index (κ2) is 3.07. The van der Waals surface area contributed by atoms with Gasteiger partial charge in [-0.2, -0.15) is 0 Å². The lowest BCUT2D eigenvalue weighted by Crippen LogP contribution is -2.56. The quantitative estimate of drug-likeness (QED) is 0.574. The van der Waals surface area contributed by atoms with E-state index in [0.29, 0.717) is 12.8 Å². The van der Waals surface area contributed by atoms with Crippen LogP contribution in [0.15, 0.2) is 12.2 Å². The number of aliphatic hydroxyl groups is 1. The van der Waals surface area contributed by atoms with Crippen LogP contribution >= 0.6 is 0 Å². The third-order valence-corrected chi connectivity index (χ3v) is 5.94. The minimum absolute atomic E-state index is 0.0251. The van der Waals surface area contributed by atoms with Crippen molar-refractivity contribution in [3.63, 3.8) is 0 Å². The summed E-state index contributed by atoms with van der Waals surface area (Å²) in [5, 5.41) is 10.7. The third kappa shape index (κ3) is 1.15. The van der Waals surface area contributed by atoms with Crippen LogP contribution in [0.5, 0.6) is 0 Å². The highest BCUT2D eigenvalue weighted by atomic mass is 16.6. The Labute approximate surface area is 108 Å². The van der Waals surface area contributed by atoms with E-state index in [4.69, 9.17) is 4.74 Å². The molecule has 3 fully saturated rings. The second-order valence-electron chi connectivity index (χ2n) is 6.93. The SMILES string of the molecule is C=C(C)[C@]1(O)CC[C@@]2(C)CCC(=O)[C@@]3(C)O[C@@]23C1. The summed E-state index contributed by atoms with van der Waals surface area (Å²) >= 11 is 0. The van der Waals surface area contributed by atoms with Crippen molar-refractivity contribution in [2.45, 2.75) is 69.7 Å². The molecule has 0 unspecified atom stereocenters. The van der Waals surface area contributed by atoms with Gasteiger partial charge in [-0.15, -0.1) is 0 Å². The second-order valence-corrected chi connectivity index (χ2v) is 6.93. The van der Waals surface area contributed by atoms with Gasteiger partial charge >= 0.3 is 0 Å². The first kappa shape index (κ1) is 12.4. The van der Waals surface area contributed by atoms with Gasteiger partial charge in [-0.1, -0.05) is 13.5 Å². The lowest BCUT2D eigenvalue weighted by Gasteiger charge is -2.50. The lowest BCUT2D eigenvalue weighted by molar-refractivity contribution is -0.127. The van der Waals surface area contributed by atoms with E-state index in [9.17, 15) is 9.90 Å². The molecule has 0 radical (unpaired) electrons. The zero-order valence-electron chi connectivity index (χ0n) is 11.5. The monoisotopic (exact) mass is 250 g/mol. The van der Waals surface area contributed by atoms with Gasteiger partial charge in [-0.05, 0) is 38.7 Å². The highest BCUT2D eigenvalue weighted by molar-refractivity contribution is 5.93. The summed E-state index contributed by atoms with van der Waals surface area (Å²) in [6, 6.07) is 0. The topological polar surface area (TPSA) is 49.8 Å². The molecule has 3 heteroatoms. The normalized spacial score (nSPS) is 54.6. The molecule has 3 rings (SSSR count). The van der Waals surface area contributed by atoms with Gasteiger partial charge in [0, 0.05) is 18.3 Å². The first-order chi connectivity index (χ1) is 8.19. The zero-order chi connectivity index (χ0) is 13.4. The number of ether oxygens (including phenoxy) is 1. The van der Waals surface area contributed by atoms with Gasteiger partial charge in [0.25, 0.3) is 0 Å². The molecule has 1 N–H and O–H groups in total. The fraction of sp³-hybridized carbons (Fsp3) is 0.800. The van der Waals surface area contributed by atoms with Crippen molar-refractivity contribution >= 4 is 5.78 Å². The summed E-state index contributed by atoms with van der Waals surface area (Å²) < 4.78 is 5.97. The predicted octanol–water partition coefficient (Wildman–Crippen LogP) is 2.37. The molecule has 0 aromatic carbocycles. The highest BCUT2D eigenvalue weighted by Crippen LogP contribution is 2.71.